The van der Waals surface area contributed by atoms with Gasteiger partial charge in [0, 0.05) is 31.7 Å². The molecule has 3 amide bonds. The highest BCUT2D eigenvalue weighted by molar-refractivity contribution is 6.04. The molecule has 4 rings (SSSR count). The summed E-state index contributed by atoms with van der Waals surface area (Å²) < 4.78 is 0. The Bertz CT molecular complexity index is 743. The zero-order valence-electron chi connectivity index (χ0n) is 16.5. The zero-order valence-corrected chi connectivity index (χ0v) is 16.5. The van der Waals surface area contributed by atoms with Crippen LogP contribution < -0.4 is 4.90 Å². The van der Waals surface area contributed by atoms with Gasteiger partial charge in [-0.25, -0.2) is 0 Å². The number of carbonyl (C=O) groups excluding carboxylic acids is 3. The van der Waals surface area contributed by atoms with Crippen LogP contribution in [0.15, 0.2) is 30.3 Å². The van der Waals surface area contributed by atoms with Crippen LogP contribution in [0.25, 0.3) is 0 Å². The van der Waals surface area contributed by atoms with Gasteiger partial charge in [0.25, 0.3) is 0 Å². The molecule has 2 unspecified atom stereocenters. The summed E-state index contributed by atoms with van der Waals surface area (Å²) in [4.78, 5) is 44.3. The molecule has 0 aliphatic carbocycles. The molecule has 3 aliphatic rings. The quantitative estimate of drug-likeness (QED) is 0.805. The molecule has 0 radical (unpaired) electrons. The van der Waals surface area contributed by atoms with Gasteiger partial charge in [0.15, 0.2) is 0 Å². The highest BCUT2D eigenvalue weighted by Gasteiger charge is 2.44. The molecule has 3 aliphatic heterocycles. The summed E-state index contributed by atoms with van der Waals surface area (Å²) in [6.07, 6.45) is 4.53. The van der Waals surface area contributed by atoms with Crippen molar-refractivity contribution < 1.29 is 14.4 Å². The average molecular weight is 383 g/mol. The van der Waals surface area contributed by atoms with Crippen LogP contribution in [0.3, 0.4) is 0 Å². The third kappa shape index (κ3) is 3.52. The van der Waals surface area contributed by atoms with E-state index in [0.29, 0.717) is 25.3 Å². The average Bonchev–Trinajstić information content (AvgIpc) is 3.35. The van der Waals surface area contributed by atoms with E-state index >= 15 is 0 Å². The second-order valence-corrected chi connectivity index (χ2v) is 8.35. The molecular formula is C22H29N3O3. The lowest BCUT2D eigenvalue weighted by atomic mass is 9.98. The maximum atomic E-state index is 13.4. The third-order valence-corrected chi connectivity index (χ3v) is 6.45. The number of rotatable bonds is 3. The lowest BCUT2D eigenvalue weighted by molar-refractivity contribution is -0.145. The first kappa shape index (κ1) is 19.0. The van der Waals surface area contributed by atoms with Crippen molar-refractivity contribution in [2.45, 2.75) is 57.5 Å². The van der Waals surface area contributed by atoms with Crippen molar-refractivity contribution in [2.75, 3.05) is 24.5 Å². The SMILES string of the molecule is CC1CCN(C(=O)C2CCCN2C(=O)C2CCC(=O)N2c2ccccc2)CC1. The summed E-state index contributed by atoms with van der Waals surface area (Å²) in [5, 5.41) is 0. The van der Waals surface area contributed by atoms with Gasteiger partial charge in [-0.1, -0.05) is 25.1 Å². The van der Waals surface area contributed by atoms with Crippen molar-refractivity contribution >= 4 is 23.4 Å². The van der Waals surface area contributed by atoms with Gasteiger partial charge in [-0.15, -0.1) is 0 Å². The van der Waals surface area contributed by atoms with Crippen molar-refractivity contribution in [2.24, 2.45) is 5.92 Å². The molecule has 1 aromatic carbocycles. The Balaban J connectivity index is 1.50. The van der Waals surface area contributed by atoms with Crippen molar-refractivity contribution in [1.29, 1.82) is 0 Å². The lowest BCUT2D eigenvalue weighted by Gasteiger charge is -2.36. The van der Waals surface area contributed by atoms with E-state index in [1.165, 1.54) is 0 Å². The molecule has 6 nitrogen and oxygen atoms in total. The van der Waals surface area contributed by atoms with Crippen molar-refractivity contribution in [3.63, 3.8) is 0 Å². The normalized spacial score (nSPS) is 26.2. The zero-order chi connectivity index (χ0) is 19.7. The highest BCUT2D eigenvalue weighted by Crippen LogP contribution is 2.30. The summed E-state index contributed by atoms with van der Waals surface area (Å²) in [6.45, 7) is 4.41. The number of hydrogen-bond acceptors (Lipinski definition) is 3. The first-order valence-electron chi connectivity index (χ1n) is 10.5. The summed E-state index contributed by atoms with van der Waals surface area (Å²) in [6, 6.07) is 8.52. The molecule has 0 bridgehead atoms. The van der Waals surface area contributed by atoms with Gasteiger partial charge in [0.1, 0.15) is 12.1 Å². The molecule has 0 N–H and O–H groups in total. The fraction of sp³-hybridized carbons (Fsp3) is 0.591. The number of benzene rings is 1. The summed E-state index contributed by atoms with van der Waals surface area (Å²) in [5.74, 6) is 0.662. The smallest absolute Gasteiger partial charge is 0.246 e. The van der Waals surface area contributed by atoms with Gasteiger partial charge in [-0.2, -0.15) is 0 Å². The maximum absolute atomic E-state index is 13.4. The van der Waals surface area contributed by atoms with E-state index in [0.717, 1.165) is 44.5 Å². The third-order valence-electron chi connectivity index (χ3n) is 6.45. The number of carbonyl (C=O) groups is 3. The topological polar surface area (TPSA) is 60.9 Å². The molecule has 2 atom stereocenters. The molecule has 0 saturated carbocycles. The molecule has 3 heterocycles. The first-order chi connectivity index (χ1) is 13.6. The Kier molecular flexibility index (Phi) is 5.38. The largest absolute Gasteiger partial charge is 0.341 e. The molecule has 0 spiro atoms. The van der Waals surface area contributed by atoms with Gasteiger partial charge >= 0.3 is 0 Å². The van der Waals surface area contributed by atoms with Crippen molar-refractivity contribution in [1.82, 2.24) is 9.80 Å². The molecule has 150 valence electrons. The van der Waals surface area contributed by atoms with Crippen LogP contribution in [-0.2, 0) is 14.4 Å². The molecular weight excluding hydrogens is 354 g/mol. The fourth-order valence-corrected chi connectivity index (χ4v) is 4.75. The van der Waals surface area contributed by atoms with Gasteiger partial charge in [0.05, 0.1) is 0 Å². The minimum absolute atomic E-state index is 0.0170. The summed E-state index contributed by atoms with van der Waals surface area (Å²) in [7, 11) is 0. The predicted octanol–water partition coefficient (Wildman–Crippen LogP) is 2.43. The van der Waals surface area contributed by atoms with E-state index in [-0.39, 0.29) is 23.8 Å². The van der Waals surface area contributed by atoms with Crippen LogP contribution >= 0.6 is 0 Å². The Morgan fingerprint density at radius 3 is 2.32 bits per heavy atom. The van der Waals surface area contributed by atoms with Gasteiger partial charge in [0.2, 0.25) is 17.7 Å². The number of hydrogen-bond donors (Lipinski definition) is 0. The standard InChI is InChI=1S/C22H29N3O3/c1-16-11-14-23(15-12-16)21(27)18-8-5-13-24(18)22(28)19-9-10-20(26)25(19)17-6-3-2-4-7-17/h2-4,6-7,16,18-19H,5,8-15H2,1H3. The number of amides is 3. The van der Waals surface area contributed by atoms with Crippen molar-refractivity contribution in [3.8, 4) is 0 Å². The van der Waals surface area contributed by atoms with Crippen LogP contribution in [0.4, 0.5) is 5.69 Å². The lowest BCUT2D eigenvalue weighted by Crippen LogP contribution is -2.54. The number of likely N-dealkylation sites (tertiary alicyclic amines) is 2. The molecule has 3 saturated heterocycles. The van der Waals surface area contributed by atoms with E-state index in [2.05, 4.69) is 6.92 Å². The molecule has 0 aromatic heterocycles. The molecule has 28 heavy (non-hydrogen) atoms. The Morgan fingerprint density at radius 1 is 0.893 bits per heavy atom. The summed E-state index contributed by atoms with van der Waals surface area (Å²) >= 11 is 0. The van der Waals surface area contributed by atoms with Gasteiger partial charge in [-0.3, -0.25) is 19.3 Å². The van der Waals surface area contributed by atoms with E-state index in [9.17, 15) is 14.4 Å². The van der Waals surface area contributed by atoms with E-state index in [1.807, 2.05) is 35.2 Å². The Morgan fingerprint density at radius 2 is 1.61 bits per heavy atom. The maximum Gasteiger partial charge on any atom is 0.246 e. The number of nitrogens with zero attached hydrogens (tertiary/aromatic N) is 3. The second kappa shape index (κ2) is 7.94. The summed E-state index contributed by atoms with van der Waals surface area (Å²) in [5.41, 5.74) is 0.760. The van der Waals surface area contributed by atoms with Crippen LogP contribution in [0.2, 0.25) is 0 Å². The minimum atomic E-state index is -0.496. The predicted molar refractivity (Wildman–Crippen MR) is 107 cm³/mol. The molecule has 3 fully saturated rings. The highest BCUT2D eigenvalue weighted by atomic mass is 16.2. The van der Waals surface area contributed by atoms with Crippen LogP contribution in [0.1, 0.15) is 45.4 Å². The van der Waals surface area contributed by atoms with Crippen molar-refractivity contribution in [3.05, 3.63) is 30.3 Å². The number of piperidine rings is 1. The van der Waals surface area contributed by atoms with Gasteiger partial charge < -0.3 is 9.80 Å². The Labute approximate surface area is 166 Å². The molecule has 6 heteroatoms. The second-order valence-electron chi connectivity index (χ2n) is 8.35. The minimum Gasteiger partial charge on any atom is -0.341 e. The molecule has 1 aromatic rings. The first-order valence-corrected chi connectivity index (χ1v) is 10.5. The van der Waals surface area contributed by atoms with Gasteiger partial charge in [-0.05, 0) is 50.2 Å². The van der Waals surface area contributed by atoms with Crippen LogP contribution in [0.5, 0.6) is 0 Å². The number of anilines is 1. The number of para-hydroxylation sites is 1. The monoisotopic (exact) mass is 383 g/mol. The Hall–Kier alpha value is -2.37. The fourth-order valence-electron chi connectivity index (χ4n) is 4.75. The van der Waals surface area contributed by atoms with E-state index in [1.54, 1.807) is 9.80 Å². The van der Waals surface area contributed by atoms with E-state index in [4.69, 9.17) is 0 Å². The van der Waals surface area contributed by atoms with E-state index < -0.39 is 6.04 Å². The van der Waals surface area contributed by atoms with Crippen LogP contribution in [-0.4, -0.2) is 59.2 Å². The van der Waals surface area contributed by atoms with Crippen LogP contribution in [0, 0.1) is 5.92 Å².